The number of hydrogen-bond donors (Lipinski definition) is 1. The monoisotopic (exact) mass is 263 g/mol. The molecular weight excluding hydrogens is 234 g/mol. The second kappa shape index (κ2) is 8.16. The van der Waals surface area contributed by atoms with Crippen molar-refractivity contribution < 1.29 is 0 Å². The van der Waals surface area contributed by atoms with Crippen LogP contribution in [-0.4, -0.2) is 23.0 Å². The number of aryl methyl sites for hydroxylation is 1. The second-order valence-corrected chi connectivity index (χ2v) is 5.41. The Bertz CT molecular complexity index is 380. The number of anilines is 1. The van der Waals surface area contributed by atoms with Gasteiger partial charge in [0.15, 0.2) is 0 Å². The van der Waals surface area contributed by atoms with Crippen LogP contribution in [0.15, 0.2) is 6.20 Å². The molecule has 1 aromatic heterocycles. The van der Waals surface area contributed by atoms with Gasteiger partial charge in [0.1, 0.15) is 0 Å². The lowest BCUT2D eigenvalue weighted by Gasteiger charge is -2.23. The smallest absolute Gasteiger partial charge is 0.0593 e. The van der Waals surface area contributed by atoms with E-state index in [-0.39, 0.29) is 0 Å². The molecule has 1 heterocycles. The summed E-state index contributed by atoms with van der Waals surface area (Å²) < 4.78 is 0. The van der Waals surface area contributed by atoms with Crippen LogP contribution in [0.1, 0.15) is 56.4 Å². The molecule has 1 aromatic rings. The summed E-state index contributed by atoms with van der Waals surface area (Å²) in [5.74, 6) is 0. The van der Waals surface area contributed by atoms with E-state index in [0.717, 1.165) is 42.1 Å². The van der Waals surface area contributed by atoms with E-state index in [0.29, 0.717) is 0 Å². The second-order valence-electron chi connectivity index (χ2n) is 5.41. The molecule has 2 N–H and O–H groups in total. The first-order chi connectivity index (χ1) is 9.10. The molecule has 3 nitrogen and oxygen atoms in total. The van der Waals surface area contributed by atoms with Gasteiger partial charge in [-0.05, 0) is 50.9 Å². The van der Waals surface area contributed by atoms with E-state index in [1.54, 1.807) is 0 Å². The Morgan fingerprint density at radius 1 is 1.11 bits per heavy atom. The SMILES string of the molecule is CCCCN(CCCC)Cc1ncc(C)c(N)c1C. The summed E-state index contributed by atoms with van der Waals surface area (Å²) in [5.41, 5.74) is 10.4. The minimum Gasteiger partial charge on any atom is -0.398 e. The first-order valence-corrected chi connectivity index (χ1v) is 7.53. The molecule has 0 fully saturated rings. The summed E-state index contributed by atoms with van der Waals surface area (Å²) in [4.78, 5) is 7.08. The Labute approximate surface area is 118 Å². The number of nitrogen functional groups attached to an aromatic ring is 1. The van der Waals surface area contributed by atoms with Gasteiger partial charge in [0.2, 0.25) is 0 Å². The van der Waals surface area contributed by atoms with Gasteiger partial charge in [-0.1, -0.05) is 26.7 Å². The highest BCUT2D eigenvalue weighted by Crippen LogP contribution is 2.19. The third-order valence-electron chi connectivity index (χ3n) is 3.70. The lowest BCUT2D eigenvalue weighted by atomic mass is 10.1. The standard InChI is InChI=1S/C16H29N3/c1-5-7-9-19(10-8-6-2)12-15-14(4)16(17)13(3)11-18-15/h11H,5-10,12H2,1-4H3,(H2,17,18). The van der Waals surface area contributed by atoms with E-state index in [1.807, 2.05) is 13.1 Å². The third-order valence-corrected chi connectivity index (χ3v) is 3.70. The highest BCUT2D eigenvalue weighted by Gasteiger charge is 2.11. The van der Waals surface area contributed by atoms with Crippen molar-refractivity contribution in [3.05, 3.63) is 23.0 Å². The molecule has 0 aromatic carbocycles. The number of hydrogen-bond acceptors (Lipinski definition) is 3. The molecule has 0 aliphatic rings. The van der Waals surface area contributed by atoms with Gasteiger partial charge in [-0.3, -0.25) is 9.88 Å². The van der Waals surface area contributed by atoms with Crippen molar-refractivity contribution in [1.82, 2.24) is 9.88 Å². The van der Waals surface area contributed by atoms with Crippen molar-refractivity contribution in [2.45, 2.75) is 59.9 Å². The largest absolute Gasteiger partial charge is 0.398 e. The third kappa shape index (κ3) is 4.83. The fourth-order valence-corrected chi connectivity index (χ4v) is 2.20. The van der Waals surface area contributed by atoms with Crippen LogP contribution in [0.3, 0.4) is 0 Å². The van der Waals surface area contributed by atoms with Crippen molar-refractivity contribution in [3.63, 3.8) is 0 Å². The summed E-state index contributed by atoms with van der Waals surface area (Å²) in [6, 6.07) is 0. The Kier molecular flexibility index (Phi) is 6.85. The Hall–Kier alpha value is -1.09. The van der Waals surface area contributed by atoms with Crippen LogP contribution in [0.2, 0.25) is 0 Å². The Morgan fingerprint density at radius 2 is 1.68 bits per heavy atom. The molecule has 3 heteroatoms. The van der Waals surface area contributed by atoms with E-state index >= 15 is 0 Å². The zero-order chi connectivity index (χ0) is 14.3. The van der Waals surface area contributed by atoms with Crippen molar-refractivity contribution in [2.75, 3.05) is 18.8 Å². The highest BCUT2D eigenvalue weighted by atomic mass is 15.1. The van der Waals surface area contributed by atoms with Gasteiger partial charge in [0.05, 0.1) is 5.69 Å². The number of unbranched alkanes of at least 4 members (excludes halogenated alkanes) is 2. The first kappa shape index (κ1) is 16.0. The molecular formula is C16H29N3. The molecule has 108 valence electrons. The number of nitrogens with zero attached hydrogens (tertiary/aromatic N) is 2. The van der Waals surface area contributed by atoms with Gasteiger partial charge in [-0.25, -0.2) is 0 Å². The summed E-state index contributed by atoms with van der Waals surface area (Å²) in [6.07, 6.45) is 6.89. The molecule has 19 heavy (non-hydrogen) atoms. The maximum absolute atomic E-state index is 6.10. The van der Waals surface area contributed by atoms with Crippen LogP contribution in [0, 0.1) is 13.8 Å². The lowest BCUT2D eigenvalue weighted by Crippen LogP contribution is -2.26. The number of pyridine rings is 1. The summed E-state index contributed by atoms with van der Waals surface area (Å²) in [6.45, 7) is 11.8. The molecule has 0 saturated carbocycles. The normalized spacial score (nSPS) is 11.2. The molecule has 1 rings (SSSR count). The van der Waals surface area contributed by atoms with E-state index in [9.17, 15) is 0 Å². The summed E-state index contributed by atoms with van der Waals surface area (Å²) >= 11 is 0. The van der Waals surface area contributed by atoms with Crippen LogP contribution >= 0.6 is 0 Å². The predicted molar refractivity (Wildman–Crippen MR) is 83.2 cm³/mol. The molecule has 0 saturated heterocycles. The minimum absolute atomic E-state index is 0.899. The maximum Gasteiger partial charge on any atom is 0.0593 e. The minimum atomic E-state index is 0.899. The maximum atomic E-state index is 6.10. The molecule has 0 spiro atoms. The summed E-state index contributed by atoms with van der Waals surface area (Å²) in [7, 11) is 0. The molecule has 0 aliphatic heterocycles. The Morgan fingerprint density at radius 3 is 2.21 bits per heavy atom. The fourth-order valence-electron chi connectivity index (χ4n) is 2.20. The molecule has 0 radical (unpaired) electrons. The number of rotatable bonds is 8. The number of nitrogens with two attached hydrogens (primary N) is 1. The molecule has 0 bridgehead atoms. The molecule has 0 aliphatic carbocycles. The van der Waals surface area contributed by atoms with Crippen LogP contribution in [-0.2, 0) is 6.54 Å². The van der Waals surface area contributed by atoms with Crippen LogP contribution in [0.25, 0.3) is 0 Å². The average molecular weight is 263 g/mol. The highest BCUT2D eigenvalue weighted by molar-refractivity contribution is 5.53. The van der Waals surface area contributed by atoms with Gasteiger partial charge in [-0.15, -0.1) is 0 Å². The van der Waals surface area contributed by atoms with Gasteiger partial charge in [0, 0.05) is 18.4 Å². The summed E-state index contributed by atoms with van der Waals surface area (Å²) in [5, 5.41) is 0. The number of aromatic nitrogens is 1. The van der Waals surface area contributed by atoms with Gasteiger partial charge in [0.25, 0.3) is 0 Å². The first-order valence-electron chi connectivity index (χ1n) is 7.53. The molecule has 0 atom stereocenters. The van der Waals surface area contributed by atoms with Gasteiger partial charge in [-0.2, -0.15) is 0 Å². The molecule has 0 amide bonds. The predicted octanol–water partition coefficient (Wildman–Crippen LogP) is 3.68. The lowest BCUT2D eigenvalue weighted by molar-refractivity contribution is 0.254. The Balaban J connectivity index is 2.74. The van der Waals surface area contributed by atoms with Crippen molar-refractivity contribution >= 4 is 5.69 Å². The van der Waals surface area contributed by atoms with E-state index < -0.39 is 0 Å². The topological polar surface area (TPSA) is 42.2 Å². The van der Waals surface area contributed by atoms with Crippen molar-refractivity contribution in [2.24, 2.45) is 0 Å². The van der Waals surface area contributed by atoms with E-state index in [1.165, 1.54) is 25.7 Å². The zero-order valence-corrected chi connectivity index (χ0v) is 13.0. The van der Waals surface area contributed by atoms with Crippen LogP contribution < -0.4 is 5.73 Å². The van der Waals surface area contributed by atoms with Crippen molar-refractivity contribution in [3.8, 4) is 0 Å². The fraction of sp³-hybridized carbons (Fsp3) is 0.688. The quantitative estimate of drug-likeness (QED) is 0.778. The van der Waals surface area contributed by atoms with Crippen LogP contribution in [0.5, 0.6) is 0 Å². The molecule has 0 unspecified atom stereocenters. The van der Waals surface area contributed by atoms with E-state index in [4.69, 9.17) is 5.73 Å². The van der Waals surface area contributed by atoms with E-state index in [2.05, 4.69) is 30.7 Å². The van der Waals surface area contributed by atoms with Gasteiger partial charge < -0.3 is 5.73 Å². The van der Waals surface area contributed by atoms with Crippen LogP contribution in [0.4, 0.5) is 5.69 Å². The average Bonchev–Trinajstić information content (AvgIpc) is 2.42. The zero-order valence-electron chi connectivity index (χ0n) is 13.0. The van der Waals surface area contributed by atoms with Crippen molar-refractivity contribution in [1.29, 1.82) is 0 Å². The van der Waals surface area contributed by atoms with Gasteiger partial charge >= 0.3 is 0 Å².